The van der Waals surface area contributed by atoms with E-state index in [1.807, 2.05) is 0 Å². The lowest BCUT2D eigenvalue weighted by molar-refractivity contribution is 0.304. The molecule has 120 valence electrons. The Balaban J connectivity index is 2.25. The molecule has 0 radical (unpaired) electrons. The van der Waals surface area contributed by atoms with Crippen LogP contribution >= 0.6 is 0 Å². The second-order valence-corrected chi connectivity index (χ2v) is 6.31. The highest BCUT2D eigenvalue weighted by Gasteiger charge is 2.08. The van der Waals surface area contributed by atoms with Crippen molar-refractivity contribution >= 4 is 10.3 Å². The lowest BCUT2D eigenvalue weighted by Crippen LogP contribution is -2.24. The lowest BCUT2D eigenvalue weighted by atomic mass is 10.1. The van der Waals surface area contributed by atoms with Gasteiger partial charge in [0.2, 0.25) is 0 Å². The normalized spacial score (nSPS) is 11.3. The monoisotopic (exact) mass is 315 g/mol. The summed E-state index contributed by atoms with van der Waals surface area (Å²) < 4.78 is 34.9. The van der Waals surface area contributed by atoms with Crippen molar-refractivity contribution in [2.24, 2.45) is 0 Å². The molecule has 0 aromatic heterocycles. The van der Waals surface area contributed by atoms with Crippen LogP contribution in [0, 0.1) is 0 Å². The molecule has 1 aromatic rings. The Morgan fingerprint density at radius 2 is 1.52 bits per heavy atom. The summed E-state index contributed by atoms with van der Waals surface area (Å²) in [5, 5.41) is 0. The van der Waals surface area contributed by atoms with Crippen molar-refractivity contribution in [3.05, 3.63) is 24.3 Å². The van der Waals surface area contributed by atoms with Crippen LogP contribution < -0.4 is 13.6 Å². The largest absolute Gasteiger partial charge is 0.494 e. The molecular weight excluding hydrogens is 290 g/mol. The summed E-state index contributed by atoms with van der Waals surface area (Å²) in [6.45, 7) is 2.89. The minimum absolute atomic E-state index is 0.260. The summed E-state index contributed by atoms with van der Waals surface area (Å²) in [6, 6.07) is 6.56. The minimum Gasteiger partial charge on any atom is -0.494 e. The van der Waals surface area contributed by atoms with E-state index in [9.17, 15) is 8.42 Å². The molecule has 5 nitrogen and oxygen atoms in total. The van der Waals surface area contributed by atoms with Crippen molar-refractivity contribution < 1.29 is 17.3 Å². The SMILES string of the molecule is CCCCCCCCOc1ccc(OS(=O)(=O)NC)cc1. The van der Waals surface area contributed by atoms with Crippen LogP contribution in [0.5, 0.6) is 11.5 Å². The zero-order chi connectivity index (χ0) is 15.6. The molecule has 1 aromatic carbocycles. The molecule has 6 heteroatoms. The first-order chi connectivity index (χ1) is 10.1. The Bertz CT molecular complexity index is 485. The van der Waals surface area contributed by atoms with E-state index in [0.29, 0.717) is 6.61 Å². The fourth-order valence-corrected chi connectivity index (χ4v) is 2.28. The Kier molecular flexibility index (Phi) is 8.15. The molecule has 0 heterocycles. The molecule has 1 rings (SSSR count). The molecule has 0 fully saturated rings. The van der Waals surface area contributed by atoms with Crippen molar-refractivity contribution in [3.63, 3.8) is 0 Å². The molecule has 0 saturated carbocycles. The molecule has 0 unspecified atom stereocenters. The molecule has 0 aliphatic carbocycles. The predicted octanol–water partition coefficient (Wildman–Crippen LogP) is 3.27. The van der Waals surface area contributed by atoms with E-state index in [1.165, 1.54) is 39.2 Å². The van der Waals surface area contributed by atoms with Crippen LogP contribution in [0.2, 0.25) is 0 Å². The van der Waals surface area contributed by atoms with Crippen LogP contribution in [0.4, 0.5) is 0 Å². The van der Waals surface area contributed by atoms with Gasteiger partial charge in [-0.15, -0.1) is 0 Å². The Morgan fingerprint density at radius 1 is 0.952 bits per heavy atom. The standard InChI is InChI=1S/C15H25NO4S/c1-3-4-5-6-7-8-13-19-14-9-11-15(12-10-14)20-21(17,18)16-2/h9-12,16H,3-8,13H2,1-2H3. The molecule has 1 N–H and O–H groups in total. The van der Waals surface area contributed by atoms with Crippen LogP contribution in [0.3, 0.4) is 0 Å². The second-order valence-electron chi connectivity index (χ2n) is 4.83. The number of nitrogens with one attached hydrogen (secondary N) is 1. The Hall–Kier alpha value is -1.27. The van der Waals surface area contributed by atoms with Crippen LogP contribution in [0.25, 0.3) is 0 Å². The number of rotatable bonds is 11. The number of hydrogen-bond acceptors (Lipinski definition) is 4. The second kappa shape index (κ2) is 9.63. The maximum absolute atomic E-state index is 11.2. The maximum atomic E-state index is 11.2. The third-order valence-corrected chi connectivity index (χ3v) is 3.96. The number of hydrogen-bond donors (Lipinski definition) is 1. The van der Waals surface area contributed by atoms with Gasteiger partial charge in [0.05, 0.1) is 6.61 Å². The first-order valence-corrected chi connectivity index (χ1v) is 8.84. The van der Waals surface area contributed by atoms with Crippen molar-refractivity contribution in [1.29, 1.82) is 0 Å². The molecule has 0 amide bonds. The van der Waals surface area contributed by atoms with Crippen LogP contribution in [0.15, 0.2) is 24.3 Å². The van der Waals surface area contributed by atoms with Gasteiger partial charge in [-0.2, -0.15) is 13.1 Å². The van der Waals surface area contributed by atoms with Gasteiger partial charge >= 0.3 is 10.3 Å². The van der Waals surface area contributed by atoms with Gasteiger partial charge in [0, 0.05) is 7.05 Å². The molecular formula is C15H25NO4S. The van der Waals surface area contributed by atoms with E-state index < -0.39 is 10.3 Å². The molecule has 0 atom stereocenters. The average Bonchev–Trinajstić information content (AvgIpc) is 2.48. The quantitative estimate of drug-likeness (QED) is 0.637. The lowest BCUT2D eigenvalue weighted by Gasteiger charge is -2.08. The molecule has 0 spiro atoms. The zero-order valence-corrected chi connectivity index (χ0v) is 13.6. The summed E-state index contributed by atoms with van der Waals surface area (Å²) in [6.07, 6.45) is 7.33. The maximum Gasteiger partial charge on any atom is 0.382 e. The Labute approximate surface area is 127 Å². The van der Waals surface area contributed by atoms with Crippen molar-refractivity contribution in [3.8, 4) is 11.5 Å². The third kappa shape index (κ3) is 7.92. The highest BCUT2D eigenvalue weighted by molar-refractivity contribution is 7.85. The van der Waals surface area contributed by atoms with Gasteiger partial charge in [-0.1, -0.05) is 39.0 Å². The van der Waals surface area contributed by atoms with Gasteiger partial charge in [-0.25, -0.2) is 0 Å². The number of unbranched alkanes of at least 4 members (excludes halogenated alkanes) is 5. The van der Waals surface area contributed by atoms with E-state index in [2.05, 4.69) is 11.6 Å². The van der Waals surface area contributed by atoms with E-state index >= 15 is 0 Å². The molecule has 0 aliphatic heterocycles. The third-order valence-electron chi connectivity index (χ3n) is 3.05. The Morgan fingerprint density at radius 3 is 2.14 bits per heavy atom. The fraction of sp³-hybridized carbons (Fsp3) is 0.600. The summed E-state index contributed by atoms with van der Waals surface area (Å²) in [5.74, 6) is 0.981. The number of ether oxygens (including phenoxy) is 1. The number of benzene rings is 1. The summed E-state index contributed by atoms with van der Waals surface area (Å²) in [4.78, 5) is 0. The van der Waals surface area contributed by atoms with E-state index in [-0.39, 0.29) is 5.75 Å². The van der Waals surface area contributed by atoms with Gasteiger partial charge in [-0.05, 0) is 30.7 Å². The van der Waals surface area contributed by atoms with Crippen LogP contribution in [0.1, 0.15) is 45.4 Å². The first kappa shape index (κ1) is 17.8. The van der Waals surface area contributed by atoms with E-state index in [0.717, 1.165) is 12.2 Å². The van der Waals surface area contributed by atoms with Gasteiger partial charge in [0.1, 0.15) is 11.5 Å². The average molecular weight is 315 g/mol. The van der Waals surface area contributed by atoms with Gasteiger partial charge in [0.25, 0.3) is 0 Å². The summed E-state index contributed by atoms with van der Waals surface area (Å²) in [7, 11) is -2.41. The van der Waals surface area contributed by atoms with Crippen LogP contribution in [-0.2, 0) is 10.3 Å². The molecule has 0 aliphatic rings. The van der Waals surface area contributed by atoms with Crippen molar-refractivity contribution in [2.45, 2.75) is 45.4 Å². The molecule has 0 saturated heterocycles. The summed E-state index contributed by atoms with van der Waals surface area (Å²) in [5.41, 5.74) is 0. The van der Waals surface area contributed by atoms with Gasteiger partial charge < -0.3 is 8.92 Å². The highest BCUT2D eigenvalue weighted by atomic mass is 32.2. The first-order valence-electron chi connectivity index (χ1n) is 7.43. The highest BCUT2D eigenvalue weighted by Crippen LogP contribution is 2.19. The van der Waals surface area contributed by atoms with Crippen molar-refractivity contribution in [2.75, 3.05) is 13.7 Å². The minimum atomic E-state index is -3.71. The van der Waals surface area contributed by atoms with E-state index in [1.54, 1.807) is 24.3 Å². The predicted molar refractivity (Wildman–Crippen MR) is 83.9 cm³/mol. The van der Waals surface area contributed by atoms with Crippen LogP contribution in [-0.4, -0.2) is 22.1 Å². The van der Waals surface area contributed by atoms with Gasteiger partial charge in [0.15, 0.2) is 0 Å². The molecule has 21 heavy (non-hydrogen) atoms. The molecule has 0 bridgehead atoms. The topological polar surface area (TPSA) is 64.6 Å². The van der Waals surface area contributed by atoms with Crippen molar-refractivity contribution in [1.82, 2.24) is 4.72 Å². The summed E-state index contributed by atoms with van der Waals surface area (Å²) >= 11 is 0. The fourth-order valence-electron chi connectivity index (χ4n) is 1.83. The smallest absolute Gasteiger partial charge is 0.382 e. The zero-order valence-electron chi connectivity index (χ0n) is 12.8. The van der Waals surface area contributed by atoms with Gasteiger partial charge in [-0.3, -0.25) is 0 Å². The van der Waals surface area contributed by atoms with E-state index in [4.69, 9.17) is 8.92 Å².